The van der Waals surface area contributed by atoms with Crippen molar-refractivity contribution < 1.29 is 22.9 Å². The van der Waals surface area contributed by atoms with Crippen molar-refractivity contribution in [2.75, 3.05) is 31.7 Å². The SMILES string of the molecule is C=CCCC(C)S(=O)NC(=O)c1ccc2c(c1)N(CC1CCC1C(C)OC)CC(c1ccc(Cl)c(F)c1CCC)CO2. The monoisotopic (exact) mass is 618 g/mol. The van der Waals surface area contributed by atoms with Crippen LogP contribution in [0.4, 0.5) is 10.1 Å². The highest BCUT2D eigenvalue weighted by atomic mass is 35.5. The summed E-state index contributed by atoms with van der Waals surface area (Å²) >= 11 is 6.18. The van der Waals surface area contributed by atoms with Crippen molar-refractivity contribution in [3.05, 3.63) is 70.5 Å². The summed E-state index contributed by atoms with van der Waals surface area (Å²) in [7, 11) is 0.237. The van der Waals surface area contributed by atoms with E-state index < -0.39 is 11.0 Å². The van der Waals surface area contributed by atoms with Crippen LogP contribution < -0.4 is 14.4 Å². The number of nitrogens with one attached hydrogen (secondary N) is 1. The van der Waals surface area contributed by atoms with E-state index in [0.29, 0.717) is 54.7 Å². The molecule has 230 valence electrons. The molecule has 1 N–H and O–H groups in total. The van der Waals surface area contributed by atoms with Gasteiger partial charge in [-0.3, -0.25) is 9.52 Å². The van der Waals surface area contributed by atoms with Crippen molar-refractivity contribution in [3.8, 4) is 5.75 Å². The molecule has 0 aromatic heterocycles. The Labute approximate surface area is 257 Å². The molecule has 0 radical (unpaired) electrons. The van der Waals surface area contributed by atoms with Crippen molar-refractivity contribution in [2.45, 2.75) is 76.6 Å². The lowest BCUT2D eigenvalue weighted by Gasteiger charge is -2.43. The number of fused-ring (bicyclic) bond motifs is 1. The van der Waals surface area contributed by atoms with Gasteiger partial charge in [-0.2, -0.15) is 0 Å². The van der Waals surface area contributed by atoms with Crippen LogP contribution in [-0.4, -0.2) is 48.3 Å². The van der Waals surface area contributed by atoms with Gasteiger partial charge < -0.3 is 14.4 Å². The lowest BCUT2D eigenvalue weighted by Crippen LogP contribution is -2.44. The highest BCUT2D eigenvalue weighted by Crippen LogP contribution is 2.43. The molecule has 0 bridgehead atoms. The van der Waals surface area contributed by atoms with E-state index in [1.807, 2.05) is 32.0 Å². The summed E-state index contributed by atoms with van der Waals surface area (Å²) in [6, 6.07) is 8.92. The third kappa shape index (κ3) is 7.37. The van der Waals surface area contributed by atoms with E-state index in [1.165, 1.54) is 0 Å². The highest BCUT2D eigenvalue weighted by Gasteiger charge is 2.38. The number of rotatable bonds is 13. The zero-order valence-corrected chi connectivity index (χ0v) is 26.7. The fourth-order valence-corrected chi connectivity index (χ4v) is 7.13. The Kier molecular flexibility index (Phi) is 11.5. The topological polar surface area (TPSA) is 67.9 Å². The quantitative estimate of drug-likeness (QED) is 0.240. The summed E-state index contributed by atoms with van der Waals surface area (Å²) < 4.78 is 42.7. The fraction of sp³-hybridized carbons (Fsp3) is 0.545. The van der Waals surface area contributed by atoms with E-state index in [2.05, 4.69) is 23.1 Å². The zero-order valence-electron chi connectivity index (χ0n) is 25.2. The second-order valence-electron chi connectivity index (χ2n) is 11.6. The maximum atomic E-state index is 15.2. The Morgan fingerprint density at radius 1 is 1.31 bits per heavy atom. The molecule has 0 spiro atoms. The molecule has 1 amide bonds. The minimum Gasteiger partial charge on any atom is -0.491 e. The maximum Gasteiger partial charge on any atom is 0.263 e. The van der Waals surface area contributed by atoms with Gasteiger partial charge in [0.1, 0.15) is 22.6 Å². The van der Waals surface area contributed by atoms with Crippen LogP contribution in [0.3, 0.4) is 0 Å². The average Bonchev–Trinajstić information content (AvgIpc) is 3.15. The summed E-state index contributed by atoms with van der Waals surface area (Å²) in [5.41, 5.74) is 2.79. The first-order chi connectivity index (χ1) is 20.2. The van der Waals surface area contributed by atoms with Crippen LogP contribution in [-0.2, 0) is 22.1 Å². The molecule has 2 aromatic carbocycles. The maximum absolute atomic E-state index is 15.2. The number of ether oxygens (including phenoxy) is 2. The number of benzene rings is 2. The first kappa shape index (κ1) is 32.5. The normalized spacial score (nSPS) is 22.1. The standard InChI is InChI=1S/C33H44ClFN2O4S/c1-6-8-10-21(3)42(39)36-33(38)23-12-16-31-30(17-23)37(18-24-11-13-26(24)22(4)40-5)19-25(20-41-31)27-14-15-29(34)32(35)28(27)9-7-2/h6,12,14-17,21-22,24-26H,1,7-11,13,18-20H2,2-5H3,(H,36,38). The lowest BCUT2D eigenvalue weighted by molar-refractivity contribution is -0.00412. The molecule has 42 heavy (non-hydrogen) atoms. The third-order valence-electron chi connectivity index (χ3n) is 8.86. The van der Waals surface area contributed by atoms with Gasteiger partial charge in [-0.15, -0.1) is 6.58 Å². The molecule has 9 heteroatoms. The van der Waals surface area contributed by atoms with Crippen molar-refractivity contribution in [1.29, 1.82) is 0 Å². The van der Waals surface area contributed by atoms with Gasteiger partial charge in [-0.25, -0.2) is 8.60 Å². The highest BCUT2D eigenvalue weighted by molar-refractivity contribution is 7.84. The number of anilines is 1. The van der Waals surface area contributed by atoms with Gasteiger partial charge in [0.2, 0.25) is 0 Å². The second-order valence-corrected chi connectivity index (χ2v) is 13.6. The van der Waals surface area contributed by atoms with Crippen LogP contribution in [0.25, 0.3) is 0 Å². The lowest BCUT2D eigenvalue weighted by atomic mass is 9.70. The molecular weight excluding hydrogens is 575 g/mol. The first-order valence-electron chi connectivity index (χ1n) is 15.0. The van der Waals surface area contributed by atoms with Gasteiger partial charge in [-0.05, 0) is 93.2 Å². The molecule has 1 aliphatic heterocycles. The number of allylic oxidation sites excluding steroid dienone is 1. The predicted octanol–water partition coefficient (Wildman–Crippen LogP) is 7.22. The minimum atomic E-state index is -1.52. The molecule has 6 atom stereocenters. The van der Waals surface area contributed by atoms with Gasteiger partial charge in [-0.1, -0.05) is 37.1 Å². The summed E-state index contributed by atoms with van der Waals surface area (Å²) in [6.45, 7) is 11.5. The second kappa shape index (κ2) is 14.8. The van der Waals surface area contributed by atoms with E-state index in [0.717, 1.165) is 43.5 Å². The number of hydrogen-bond acceptors (Lipinski definition) is 5. The Hall–Kier alpha value is -2.42. The van der Waals surface area contributed by atoms with Crippen LogP contribution in [0, 0.1) is 17.7 Å². The van der Waals surface area contributed by atoms with E-state index >= 15 is 4.39 Å². The molecule has 2 aromatic rings. The summed E-state index contributed by atoms with van der Waals surface area (Å²) in [5, 5.41) is -0.0571. The zero-order chi connectivity index (χ0) is 30.4. The predicted molar refractivity (Wildman–Crippen MR) is 169 cm³/mol. The molecule has 6 unspecified atom stereocenters. The van der Waals surface area contributed by atoms with Crippen molar-refractivity contribution >= 4 is 34.2 Å². The Balaban J connectivity index is 1.65. The van der Waals surface area contributed by atoms with Gasteiger partial charge in [0.15, 0.2) is 0 Å². The molecule has 4 rings (SSSR count). The third-order valence-corrected chi connectivity index (χ3v) is 10.5. The summed E-state index contributed by atoms with van der Waals surface area (Å²) in [5.74, 6) is 0.694. The minimum absolute atomic E-state index is 0.0976. The molecule has 6 nitrogen and oxygen atoms in total. The Bertz CT molecular complexity index is 1290. The summed E-state index contributed by atoms with van der Waals surface area (Å²) in [6.07, 6.45) is 6.94. The van der Waals surface area contributed by atoms with E-state index in [4.69, 9.17) is 21.1 Å². The fourth-order valence-electron chi connectivity index (χ4n) is 6.10. The molecule has 1 aliphatic carbocycles. The number of carbonyl (C=O) groups is 1. The van der Waals surface area contributed by atoms with Gasteiger partial charge >= 0.3 is 0 Å². The van der Waals surface area contributed by atoms with Crippen molar-refractivity contribution in [2.24, 2.45) is 11.8 Å². The number of methoxy groups -OCH3 is 1. The smallest absolute Gasteiger partial charge is 0.263 e. The number of nitrogens with zero attached hydrogens (tertiary/aromatic N) is 1. The van der Waals surface area contributed by atoms with Crippen LogP contribution in [0.2, 0.25) is 5.02 Å². The van der Waals surface area contributed by atoms with E-state index in [1.54, 1.807) is 25.3 Å². The van der Waals surface area contributed by atoms with Gasteiger partial charge in [0, 0.05) is 31.7 Å². The molecule has 1 heterocycles. The van der Waals surface area contributed by atoms with Crippen LogP contribution in [0.1, 0.15) is 80.3 Å². The van der Waals surface area contributed by atoms with Gasteiger partial charge in [0.25, 0.3) is 5.91 Å². The number of hydrogen-bond donors (Lipinski definition) is 1. The van der Waals surface area contributed by atoms with Crippen LogP contribution >= 0.6 is 11.6 Å². The van der Waals surface area contributed by atoms with E-state index in [9.17, 15) is 9.00 Å². The number of halogens is 2. The Morgan fingerprint density at radius 3 is 2.76 bits per heavy atom. The van der Waals surface area contributed by atoms with Crippen LogP contribution in [0.5, 0.6) is 5.75 Å². The Morgan fingerprint density at radius 2 is 2.10 bits per heavy atom. The molecule has 2 aliphatic rings. The van der Waals surface area contributed by atoms with Crippen LogP contribution in [0.15, 0.2) is 43.0 Å². The van der Waals surface area contributed by atoms with Crippen molar-refractivity contribution in [1.82, 2.24) is 4.72 Å². The number of carbonyl (C=O) groups excluding carboxylic acids is 1. The molecule has 1 saturated carbocycles. The molecule has 1 fully saturated rings. The molecule has 0 saturated heterocycles. The number of amides is 1. The van der Waals surface area contributed by atoms with Gasteiger partial charge in [0.05, 0.1) is 28.7 Å². The first-order valence-corrected chi connectivity index (χ1v) is 16.6. The molecular formula is C33H44ClFN2O4S. The van der Waals surface area contributed by atoms with E-state index in [-0.39, 0.29) is 34.0 Å². The largest absolute Gasteiger partial charge is 0.491 e. The van der Waals surface area contributed by atoms with Crippen molar-refractivity contribution in [3.63, 3.8) is 0 Å². The summed E-state index contributed by atoms with van der Waals surface area (Å²) in [4.78, 5) is 15.5. The average molecular weight is 619 g/mol.